The van der Waals surface area contributed by atoms with Gasteiger partial charge in [-0.3, -0.25) is 0 Å². The summed E-state index contributed by atoms with van der Waals surface area (Å²) in [6, 6.07) is 13.8. The van der Waals surface area contributed by atoms with Crippen molar-refractivity contribution in [1.82, 2.24) is 0 Å². The summed E-state index contributed by atoms with van der Waals surface area (Å²) in [5.41, 5.74) is 1.12. The second-order valence-corrected chi connectivity index (χ2v) is 5.30. The fourth-order valence-corrected chi connectivity index (χ4v) is 1.92. The smallest absolute Gasteiger partial charge is 0.131 e. The summed E-state index contributed by atoms with van der Waals surface area (Å²) in [5, 5.41) is 0. The van der Waals surface area contributed by atoms with E-state index in [4.69, 9.17) is 4.74 Å². The first-order valence-corrected chi connectivity index (χ1v) is 6.43. The Hall–Kier alpha value is -0.800. The molecule has 0 bridgehead atoms. The standard InChI is InChI=1S/C13H10Br2O/c1-9-2-3-11(15)8-13(9)16-12-6-4-10(14)5-7-12/h2-8H,1H3. The van der Waals surface area contributed by atoms with Gasteiger partial charge in [0.2, 0.25) is 0 Å². The molecule has 0 aliphatic heterocycles. The molecular formula is C13H10Br2O. The highest BCUT2D eigenvalue weighted by molar-refractivity contribution is 9.10. The predicted octanol–water partition coefficient (Wildman–Crippen LogP) is 5.31. The van der Waals surface area contributed by atoms with Crippen molar-refractivity contribution >= 4 is 31.9 Å². The van der Waals surface area contributed by atoms with E-state index in [1.54, 1.807) is 0 Å². The molecular weight excluding hydrogens is 332 g/mol. The molecule has 3 heteroatoms. The third-order valence-corrected chi connectivity index (χ3v) is 3.21. The highest BCUT2D eigenvalue weighted by Gasteiger charge is 2.02. The molecule has 0 atom stereocenters. The average molecular weight is 342 g/mol. The Labute approximate surface area is 112 Å². The molecule has 16 heavy (non-hydrogen) atoms. The Morgan fingerprint density at radius 1 is 0.875 bits per heavy atom. The molecule has 0 heterocycles. The molecule has 0 aliphatic carbocycles. The number of benzene rings is 2. The number of rotatable bonds is 2. The molecule has 2 aromatic rings. The first-order valence-electron chi connectivity index (χ1n) is 4.85. The topological polar surface area (TPSA) is 9.23 Å². The Morgan fingerprint density at radius 2 is 1.50 bits per heavy atom. The Balaban J connectivity index is 2.26. The van der Waals surface area contributed by atoms with Gasteiger partial charge in [0, 0.05) is 8.95 Å². The van der Waals surface area contributed by atoms with E-state index in [0.29, 0.717) is 0 Å². The fraction of sp³-hybridized carbons (Fsp3) is 0.0769. The van der Waals surface area contributed by atoms with Gasteiger partial charge >= 0.3 is 0 Å². The number of halogens is 2. The van der Waals surface area contributed by atoms with Gasteiger partial charge in [0.15, 0.2) is 0 Å². The molecule has 0 aromatic heterocycles. The molecule has 2 aromatic carbocycles. The molecule has 82 valence electrons. The van der Waals surface area contributed by atoms with Crippen LogP contribution in [0, 0.1) is 6.92 Å². The van der Waals surface area contributed by atoms with Crippen LogP contribution in [0.3, 0.4) is 0 Å². The molecule has 0 spiro atoms. The molecule has 1 nitrogen and oxygen atoms in total. The van der Waals surface area contributed by atoms with Crippen molar-refractivity contribution < 1.29 is 4.74 Å². The molecule has 0 N–H and O–H groups in total. The lowest BCUT2D eigenvalue weighted by Crippen LogP contribution is -1.87. The highest BCUT2D eigenvalue weighted by atomic mass is 79.9. The summed E-state index contributed by atoms with van der Waals surface area (Å²) in [4.78, 5) is 0. The van der Waals surface area contributed by atoms with Crippen LogP contribution in [-0.2, 0) is 0 Å². The van der Waals surface area contributed by atoms with Crippen LogP contribution < -0.4 is 4.74 Å². The van der Waals surface area contributed by atoms with Crippen LogP contribution in [-0.4, -0.2) is 0 Å². The van der Waals surface area contributed by atoms with Crippen molar-refractivity contribution in [2.45, 2.75) is 6.92 Å². The van der Waals surface area contributed by atoms with Crippen molar-refractivity contribution in [1.29, 1.82) is 0 Å². The first kappa shape index (κ1) is 11.7. The van der Waals surface area contributed by atoms with Gasteiger partial charge in [-0.2, -0.15) is 0 Å². The Kier molecular flexibility index (Phi) is 3.66. The molecule has 0 amide bonds. The zero-order valence-electron chi connectivity index (χ0n) is 8.71. The Bertz CT molecular complexity index is 492. The van der Waals surface area contributed by atoms with E-state index in [2.05, 4.69) is 31.9 Å². The van der Waals surface area contributed by atoms with Crippen LogP contribution in [0.1, 0.15) is 5.56 Å². The third-order valence-electron chi connectivity index (χ3n) is 2.19. The molecule has 0 saturated carbocycles. The quantitative estimate of drug-likeness (QED) is 0.719. The monoisotopic (exact) mass is 340 g/mol. The van der Waals surface area contributed by atoms with Crippen molar-refractivity contribution in [3.63, 3.8) is 0 Å². The van der Waals surface area contributed by atoms with Gasteiger partial charge in [0.05, 0.1) is 0 Å². The second-order valence-electron chi connectivity index (χ2n) is 3.47. The van der Waals surface area contributed by atoms with E-state index in [9.17, 15) is 0 Å². The average Bonchev–Trinajstić information content (AvgIpc) is 2.27. The minimum Gasteiger partial charge on any atom is -0.457 e. The lowest BCUT2D eigenvalue weighted by atomic mass is 10.2. The predicted molar refractivity (Wildman–Crippen MR) is 73.1 cm³/mol. The van der Waals surface area contributed by atoms with Crippen molar-refractivity contribution in [3.8, 4) is 11.5 Å². The molecule has 0 unspecified atom stereocenters. The first-order chi connectivity index (χ1) is 7.65. The van der Waals surface area contributed by atoms with E-state index < -0.39 is 0 Å². The zero-order chi connectivity index (χ0) is 11.5. The minimum absolute atomic E-state index is 0.837. The molecule has 0 fully saturated rings. The van der Waals surface area contributed by atoms with Crippen LogP contribution in [0.4, 0.5) is 0 Å². The molecule has 0 radical (unpaired) electrons. The lowest BCUT2D eigenvalue weighted by molar-refractivity contribution is 0.478. The fourth-order valence-electron chi connectivity index (χ4n) is 1.31. The van der Waals surface area contributed by atoms with E-state index in [1.165, 1.54) is 0 Å². The van der Waals surface area contributed by atoms with Gasteiger partial charge in [-0.05, 0) is 48.9 Å². The molecule has 0 saturated heterocycles. The van der Waals surface area contributed by atoms with Crippen LogP contribution >= 0.6 is 31.9 Å². The van der Waals surface area contributed by atoms with Gasteiger partial charge in [0.1, 0.15) is 11.5 Å². The maximum Gasteiger partial charge on any atom is 0.131 e. The van der Waals surface area contributed by atoms with E-state index in [-0.39, 0.29) is 0 Å². The number of hydrogen-bond acceptors (Lipinski definition) is 1. The summed E-state index contributed by atoms with van der Waals surface area (Å²) in [6.45, 7) is 2.03. The van der Waals surface area contributed by atoms with Gasteiger partial charge in [-0.25, -0.2) is 0 Å². The van der Waals surface area contributed by atoms with Crippen LogP contribution in [0.25, 0.3) is 0 Å². The van der Waals surface area contributed by atoms with E-state index >= 15 is 0 Å². The normalized spacial score (nSPS) is 10.2. The SMILES string of the molecule is Cc1ccc(Br)cc1Oc1ccc(Br)cc1. The van der Waals surface area contributed by atoms with Crippen molar-refractivity contribution in [3.05, 3.63) is 57.0 Å². The van der Waals surface area contributed by atoms with Crippen LogP contribution in [0.15, 0.2) is 51.4 Å². The van der Waals surface area contributed by atoms with E-state index in [0.717, 1.165) is 26.0 Å². The third kappa shape index (κ3) is 2.86. The van der Waals surface area contributed by atoms with Gasteiger partial charge in [0.25, 0.3) is 0 Å². The number of aryl methyl sites for hydroxylation is 1. The largest absolute Gasteiger partial charge is 0.457 e. The summed E-state index contributed by atoms with van der Waals surface area (Å²) >= 11 is 6.83. The summed E-state index contributed by atoms with van der Waals surface area (Å²) in [5.74, 6) is 1.71. The Morgan fingerprint density at radius 3 is 2.19 bits per heavy atom. The molecule has 2 rings (SSSR count). The van der Waals surface area contributed by atoms with Gasteiger partial charge in [-0.15, -0.1) is 0 Å². The number of ether oxygens (including phenoxy) is 1. The van der Waals surface area contributed by atoms with Crippen LogP contribution in [0.5, 0.6) is 11.5 Å². The van der Waals surface area contributed by atoms with Gasteiger partial charge in [-0.1, -0.05) is 37.9 Å². The summed E-state index contributed by atoms with van der Waals surface area (Å²) < 4.78 is 7.86. The zero-order valence-corrected chi connectivity index (χ0v) is 11.9. The lowest BCUT2D eigenvalue weighted by Gasteiger charge is -2.09. The summed E-state index contributed by atoms with van der Waals surface area (Å²) in [7, 11) is 0. The highest BCUT2D eigenvalue weighted by Crippen LogP contribution is 2.28. The van der Waals surface area contributed by atoms with Crippen LogP contribution in [0.2, 0.25) is 0 Å². The van der Waals surface area contributed by atoms with Gasteiger partial charge < -0.3 is 4.74 Å². The van der Waals surface area contributed by atoms with Crippen molar-refractivity contribution in [2.24, 2.45) is 0 Å². The summed E-state index contributed by atoms with van der Waals surface area (Å²) in [6.07, 6.45) is 0. The second kappa shape index (κ2) is 5.02. The maximum atomic E-state index is 5.79. The molecule has 0 aliphatic rings. The maximum absolute atomic E-state index is 5.79. The van der Waals surface area contributed by atoms with E-state index in [1.807, 2.05) is 49.4 Å². The van der Waals surface area contributed by atoms with Crippen molar-refractivity contribution in [2.75, 3.05) is 0 Å². The number of hydrogen-bond donors (Lipinski definition) is 0. The minimum atomic E-state index is 0.837.